The number of hydrogen-bond acceptors (Lipinski definition) is 6. The molecular weight excluding hydrogens is 402 g/mol. The molecule has 31 heavy (non-hydrogen) atoms. The van der Waals surface area contributed by atoms with Gasteiger partial charge in [-0.15, -0.1) is 0 Å². The Labute approximate surface area is 179 Å². The summed E-state index contributed by atoms with van der Waals surface area (Å²) in [5, 5.41) is 22.8. The van der Waals surface area contributed by atoms with Crippen LogP contribution >= 0.6 is 0 Å². The maximum atomic E-state index is 13.3. The fourth-order valence-electron chi connectivity index (χ4n) is 5.74. The number of fused-ring (bicyclic) bond motifs is 3. The monoisotopic (exact) mass is 428 g/mol. The Morgan fingerprint density at radius 3 is 2.39 bits per heavy atom. The summed E-state index contributed by atoms with van der Waals surface area (Å²) in [6, 6.07) is 7.61. The van der Waals surface area contributed by atoms with Crippen LogP contribution in [0.25, 0.3) is 0 Å². The number of rotatable bonds is 5. The normalized spacial score (nSPS) is 37.3. The first kappa shape index (κ1) is 20.3. The second-order valence-corrected chi connectivity index (χ2v) is 8.95. The molecule has 0 aromatic heterocycles. The molecule has 3 saturated heterocycles. The quantitative estimate of drug-likeness (QED) is 0.319. The summed E-state index contributed by atoms with van der Waals surface area (Å²) in [4.78, 5) is 46.5. The number of benzene rings is 1. The van der Waals surface area contributed by atoms with Gasteiger partial charge in [0.25, 0.3) is 0 Å². The number of hydrogen-bond donors (Lipinski definition) is 2. The molecule has 3 fully saturated rings. The van der Waals surface area contributed by atoms with Crippen molar-refractivity contribution < 1.29 is 34.2 Å². The predicted molar refractivity (Wildman–Crippen MR) is 106 cm³/mol. The Morgan fingerprint density at radius 2 is 1.77 bits per heavy atom. The molecule has 164 valence electrons. The number of ketones is 1. The average molecular weight is 428 g/mol. The van der Waals surface area contributed by atoms with Gasteiger partial charge in [-0.2, -0.15) is 5.06 Å². The van der Waals surface area contributed by atoms with E-state index in [-0.39, 0.29) is 31.4 Å². The zero-order valence-corrected chi connectivity index (χ0v) is 17.1. The Balaban J connectivity index is 1.46. The van der Waals surface area contributed by atoms with Gasteiger partial charge in [0.2, 0.25) is 5.78 Å². The molecule has 5 atom stereocenters. The number of urea groups is 1. The molecule has 3 heterocycles. The van der Waals surface area contributed by atoms with Gasteiger partial charge in [-0.1, -0.05) is 47.1 Å². The minimum Gasteiger partial charge on any atom is -0.475 e. The van der Waals surface area contributed by atoms with Gasteiger partial charge in [0, 0.05) is 19.5 Å². The fraction of sp³-hybridized carbons (Fsp3) is 0.500. The number of amides is 2. The number of nitrogens with zero attached hydrogens (tertiary/aromatic N) is 3. The maximum Gasteiger partial charge on any atom is 0.478 e. The number of Topliss-reactive ketones (excluding diaryl/α,β-unsaturated/α-hetero) is 1. The van der Waals surface area contributed by atoms with Crippen LogP contribution in [0.5, 0.6) is 0 Å². The van der Waals surface area contributed by atoms with Crippen molar-refractivity contribution in [2.75, 3.05) is 19.6 Å². The van der Waals surface area contributed by atoms with E-state index < -0.39 is 34.1 Å². The molecule has 1 aromatic rings. The van der Waals surface area contributed by atoms with Crippen LogP contribution in [-0.4, -0.2) is 74.0 Å². The summed E-state index contributed by atoms with van der Waals surface area (Å²) in [5.74, 6) is -1.71. The van der Waals surface area contributed by atoms with E-state index in [2.05, 4.69) is 12.2 Å². The number of hydroxylamine groups is 5. The third-order valence-electron chi connectivity index (χ3n) is 7.25. The summed E-state index contributed by atoms with van der Waals surface area (Å²) in [5.41, 5.74) is -1.52. The molecule has 0 spiro atoms. The van der Waals surface area contributed by atoms with Gasteiger partial charge < -0.3 is 5.11 Å². The zero-order valence-electron chi connectivity index (χ0n) is 17.1. The van der Waals surface area contributed by atoms with Crippen molar-refractivity contribution in [2.45, 2.75) is 37.6 Å². The first-order valence-corrected chi connectivity index (χ1v) is 10.7. The standard InChI is InChI=1S/C22H25N3O6/c26-19-10-18-13-25(30,21(29)24(18)31-14-15-6-2-1-3-7-15)22(19,20(27)28)23-11-16-8-4-5-9-17(16)12-23/h1-7,16-18,30H,8-14H2/p+1/t16?,17?,18-,22+,25?/m1/s1. The third kappa shape index (κ3) is 2.81. The number of piperidine rings is 1. The van der Waals surface area contributed by atoms with Crippen molar-refractivity contribution in [3.05, 3.63) is 48.0 Å². The van der Waals surface area contributed by atoms with E-state index >= 15 is 0 Å². The molecule has 2 amide bonds. The minimum atomic E-state index is -2.34. The first-order chi connectivity index (χ1) is 14.9. The third-order valence-corrected chi connectivity index (χ3v) is 7.25. The molecule has 1 aliphatic carbocycles. The van der Waals surface area contributed by atoms with Crippen LogP contribution in [0.4, 0.5) is 4.79 Å². The van der Waals surface area contributed by atoms with Gasteiger partial charge in [-0.3, -0.25) is 9.63 Å². The smallest absolute Gasteiger partial charge is 0.475 e. The van der Waals surface area contributed by atoms with Gasteiger partial charge in [0.15, 0.2) is 0 Å². The highest BCUT2D eigenvalue weighted by Crippen LogP contribution is 2.46. The predicted octanol–water partition coefficient (Wildman–Crippen LogP) is 1.78. The van der Waals surface area contributed by atoms with Crippen LogP contribution in [0.2, 0.25) is 0 Å². The Hall–Kier alpha value is -2.59. The largest absolute Gasteiger partial charge is 0.478 e. The molecule has 9 nitrogen and oxygen atoms in total. The summed E-state index contributed by atoms with van der Waals surface area (Å²) in [6.07, 6.45) is 5.58. The lowest BCUT2D eigenvalue weighted by Gasteiger charge is -2.44. The number of quaternary nitrogens is 1. The molecule has 5 rings (SSSR count). The Kier molecular flexibility index (Phi) is 4.74. The van der Waals surface area contributed by atoms with E-state index in [1.807, 2.05) is 30.3 Å². The molecule has 0 radical (unpaired) electrons. The highest BCUT2D eigenvalue weighted by molar-refractivity contribution is 6.08. The Morgan fingerprint density at radius 1 is 1.13 bits per heavy atom. The molecule has 0 saturated carbocycles. The highest BCUT2D eigenvalue weighted by atomic mass is 16.7. The number of carboxylic acids is 1. The summed E-state index contributed by atoms with van der Waals surface area (Å²) in [7, 11) is 0. The lowest BCUT2D eigenvalue weighted by atomic mass is 9.86. The number of likely N-dealkylation sites (tertiary alicyclic amines) is 1. The van der Waals surface area contributed by atoms with Gasteiger partial charge in [-0.05, 0) is 30.2 Å². The Bertz CT molecular complexity index is 936. The van der Waals surface area contributed by atoms with E-state index in [0.717, 1.165) is 23.5 Å². The van der Waals surface area contributed by atoms with E-state index in [9.17, 15) is 24.7 Å². The fourth-order valence-corrected chi connectivity index (χ4v) is 5.74. The van der Waals surface area contributed by atoms with Crippen LogP contribution in [0, 0.1) is 11.8 Å². The van der Waals surface area contributed by atoms with Crippen molar-refractivity contribution in [2.24, 2.45) is 11.8 Å². The number of carbonyl (C=O) groups is 3. The minimum absolute atomic E-state index is 0.0802. The van der Waals surface area contributed by atoms with Crippen LogP contribution in [0.3, 0.4) is 0 Å². The molecule has 3 aliphatic heterocycles. The molecular formula is C22H26N3O6+. The van der Waals surface area contributed by atoms with Crippen molar-refractivity contribution in [3.63, 3.8) is 0 Å². The highest BCUT2D eigenvalue weighted by Gasteiger charge is 2.79. The van der Waals surface area contributed by atoms with Crippen LogP contribution in [-0.2, 0) is 21.0 Å². The number of aliphatic carboxylic acids is 1. The lowest BCUT2D eigenvalue weighted by Crippen LogP contribution is -2.79. The van der Waals surface area contributed by atoms with Gasteiger partial charge >= 0.3 is 17.7 Å². The topological polar surface area (TPSA) is 107 Å². The summed E-state index contributed by atoms with van der Waals surface area (Å²) >= 11 is 0. The van der Waals surface area contributed by atoms with Crippen molar-refractivity contribution in [3.8, 4) is 0 Å². The molecule has 4 aliphatic rings. The zero-order chi connectivity index (χ0) is 21.8. The van der Waals surface area contributed by atoms with Crippen molar-refractivity contribution >= 4 is 17.8 Å². The van der Waals surface area contributed by atoms with E-state index in [1.54, 1.807) is 0 Å². The lowest BCUT2D eigenvalue weighted by molar-refractivity contribution is -1.07. The first-order valence-electron chi connectivity index (χ1n) is 10.7. The number of carbonyl (C=O) groups excluding carboxylic acids is 2. The molecule has 3 unspecified atom stereocenters. The second-order valence-electron chi connectivity index (χ2n) is 8.95. The number of carboxylic acid groups (broad SMARTS) is 1. The SMILES string of the molecule is O=C(O)[C@]1(N2CC3CC=CCC3C2)C(=O)C[C@@H]2C[N+]1(O)C(=O)N2OCc1ccccc1. The average Bonchev–Trinajstić information content (AvgIpc) is 3.26. The van der Waals surface area contributed by atoms with Gasteiger partial charge in [0.05, 0.1) is 0 Å². The summed E-state index contributed by atoms with van der Waals surface area (Å²) < 4.78 is -1.49. The van der Waals surface area contributed by atoms with Crippen molar-refractivity contribution in [1.82, 2.24) is 9.96 Å². The molecule has 2 N–H and O–H groups in total. The van der Waals surface area contributed by atoms with Crippen LogP contribution < -0.4 is 0 Å². The van der Waals surface area contributed by atoms with E-state index in [0.29, 0.717) is 13.1 Å². The van der Waals surface area contributed by atoms with Crippen LogP contribution in [0.15, 0.2) is 42.5 Å². The number of allylic oxidation sites excluding steroid dienone is 2. The van der Waals surface area contributed by atoms with Gasteiger partial charge in [0.1, 0.15) is 19.2 Å². The van der Waals surface area contributed by atoms with E-state index in [1.165, 1.54) is 4.90 Å². The van der Waals surface area contributed by atoms with Crippen LogP contribution in [0.1, 0.15) is 24.8 Å². The second kappa shape index (κ2) is 7.23. The van der Waals surface area contributed by atoms with Crippen molar-refractivity contribution in [1.29, 1.82) is 0 Å². The molecule has 9 heteroatoms. The summed E-state index contributed by atoms with van der Waals surface area (Å²) in [6.45, 7) is 0.597. The maximum absolute atomic E-state index is 13.3. The van der Waals surface area contributed by atoms with E-state index in [4.69, 9.17) is 4.84 Å². The van der Waals surface area contributed by atoms with Gasteiger partial charge in [-0.25, -0.2) is 19.7 Å². The molecule has 1 aromatic carbocycles. The molecule has 2 bridgehead atoms.